The first-order valence-electron chi connectivity index (χ1n) is 9.47. The van der Waals surface area contributed by atoms with E-state index in [2.05, 4.69) is 26.7 Å². The summed E-state index contributed by atoms with van der Waals surface area (Å²) in [7, 11) is 1.85. The number of carbonyl (C=O) groups is 1. The standard InChI is InChI=1S/C22H22ClN5O/c1-12-5-21-16(8-20(12)25-3)18(17-9-26-10-19(24)22(17)23)11-28(21)15-6-14(7-15)27(4)13(2)29/h5,8-11,14-15H,6-7,24H2,1-2,4H3. The maximum Gasteiger partial charge on any atom is 0.219 e. The number of benzene rings is 1. The van der Waals surface area contributed by atoms with Crippen molar-refractivity contribution in [3.05, 3.63) is 52.7 Å². The lowest BCUT2D eigenvalue weighted by Gasteiger charge is -2.41. The molecule has 0 spiro atoms. The first-order chi connectivity index (χ1) is 13.8. The summed E-state index contributed by atoms with van der Waals surface area (Å²) in [5.41, 5.74) is 10.7. The molecule has 29 heavy (non-hydrogen) atoms. The van der Waals surface area contributed by atoms with Gasteiger partial charge in [0.15, 0.2) is 5.69 Å². The Morgan fingerprint density at radius 3 is 2.72 bits per heavy atom. The van der Waals surface area contributed by atoms with Gasteiger partial charge >= 0.3 is 0 Å². The van der Waals surface area contributed by atoms with E-state index in [0.717, 1.165) is 40.4 Å². The van der Waals surface area contributed by atoms with Crippen LogP contribution in [0, 0.1) is 13.5 Å². The minimum absolute atomic E-state index is 0.0849. The molecule has 6 nitrogen and oxygen atoms in total. The molecule has 1 saturated carbocycles. The van der Waals surface area contributed by atoms with Crippen molar-refractivity contribution in [1.82, 2.24) is 14.5 Å². The quantitative estimate of drug-likeness (QED) is 0.622. The molecule has 1 amide bonds. The van der Waals surface area contributed by atoms with Crippen molar-refractivity contribution >= 4 is 39.8 Å². The number of hydrogen-bond acceptors (Lipinski definition) is 3. The zero-order valence-corrected chi connectivity index (χ0v) is 17.4. The fourth-order valence-electron chi connectivity index (χ4n) is 4.03. The predicted octanol–water partition coefficient (Wildman–Crippen LogP) is 4.98. The number of halogens is 1. The zero-order chi connectivity index (χ0) is 20.9. The van der Waals surface area contributed by atoms with Crippen molar-refractivity contribution in [2.24, 2.45) is 0 Å². The molecule has 2 heterocycles. The smallest absolute Gasteiger partial charge is 0.219 e. The van der Waals surface area contributed by atoms with E-state index in [9.17, 15) is 4.79 Å². The van der Waals surface area contributed by atoms with Gasteiger partial charge in [0.05, 0.1) is 23.5 Å². The molecule has 0 radical (unpaired) electrons. The zero-order valence-electron chi connectivity index (χ0n) is 16.6. The molecule has 2 aromatic heterocycles. The van der Waals surface area contributed by atoms with Crippen molar-refractivity contribution in [1.29, 1.82) is 0 Å². The molecule has 1 aromatic carbocycles. The van der Waals surface area contributed by atoms with E-state index in [1.54, 1.807) is 13.1 Å². The normalized spacial score (nSPS) is 18.3. The largest absolute Gasteiger partial charge is 0.396 e. The fraction of sp³-hybridized carbons (Fsp3) is 0.318. The number of nitrogens with zero attached hydrogens (tertiary/aromatic N) is 4. The second kappa shape index (κ2) is 7.09. The van der Waals surface area contributed by atoms with Crippen LogP contribution in [0.15, 0.2) is 30.7 Å². The Bertz CT molecular complexity index is 1170. The molecule has 2 N–H and O–H groups in total. The molecule has 0 unspecified atom stereocenters. The monoisotopic (exact) mass is 407 g/mol. The number of carbonyl (C=O) groups excluding carboxylic acids is 1. The number of hydrogen-bond donors (Lipinski definition) is 1. The summed E-state index contributed by atoms with van der Waals surface area (Å²) >= 11 is 6.49. The van der Waals surface area contributed by atoms with Gasteiger partial charge in [-0.1, -0.05) is 11.6 Å². The molecular formula is C22H22ClN5O. The maximum absolute atomic E-state index is 11.7. The lowest BCUT2D eigenvalue weighted by molar-refractivity contribution is -0.131. The number of nitrogens with two attached hydrogens (primary N) is 1. The molecule has 0 atom stereocenters. The van der Waals surface area contributed by atoms with Crippen molar-refractivity contribution in [3.8, 4) is 11.1 Å². The van der Waals surface area contributed by atoms with Crippen LogP contribution in [-0.4, -0.2) is 33.4 Å². The van der Waals surface area contributed by atoms with Crippen LogP contribution in [-0.2, 0) is 4.79 Å². The van der Waals surface area contributed by atoms with Gasteiger partial charge in [0, 0.05) is 55.1 Å². The van der Waals surface area contributed by atoms with Crippen LogP contribution >= 0.6 is 11.6 Å². The molecule has 7 heteroatoms. The van der Waals surface area contributed by atoms with Gasteiger partial charge in [-0.25, -0.2) is 4.85 Å². The number of pyridine rings is 1. The number of rotatable bonds is 3. The summed E-state index contributed by atoms with van der Waals surface area (Å²) in [5.74, 6) is 0.0849. The summed E-state index contributed by atoms with van der Waals surface area (Å²) in [5, 5.41) is 1.42. The minimum atomic E-state index is 0.0849. The Balaban J connectivity index is 1.84. The average Bonchev–Trinajstić information content (AvgIpc) is 2.99. The second-order valence-corrected chi connectivity index (χ2v) is 8.09. The van der Waals surface area contributed by atoms with Gasteiger partial charge in [-0.15, -0.1) is 0 Å². The van der Waals surface area contributed by atoms with Crippen molar-refractivity contribution < 1.29 is 4.79 Å². The van der Waals surface area contributed by atoms with E-state index in [4.69, 9.17) is 23.9 Å². The Hall–Kier alpha value is -3.04. The van der Waals surface area contributed by atoms with Crippen LogP contribution in [0.2, 0.25) is 5.02 Å². The van der Waals surface area contributed by atoms with Gasteiger partial charge in [0.2, 0.25) is 5.91 Å². The van der Waals surface area contributed by atoms with E-state index in [1.165, 1.54) is 6.20 Å². The topological polar surface area (TPSA) is 68.5 Å². The third kappa shape index (κ3) is 3.12. The summed E-state index contributed by atoms with van der Waals surface area (Å²) in [6.07, 6.45) is 7.11. The summed E-state index contributed by atoms with van der Waals surface area (Å²) in [4.78, 5) is 21.3. The summed E-state index contributed by atoms with van der Waals surface area (Å²) in [6, 6.07) is 4.51. The maximum atomic E-state index is 11.7. The predicted molar refractivity (Wildman–Crippen MR) is 116 cm³/mol. The highest BCUT2D eigenvalue weighted by molar-refractivity contribution is 6.36. The van der Waals surface area contributed by atoms with Gasteiger partial charge in [-0.05, 0) is 42.8 Å². The van der Waals surface area contributed by atoms with Gasteiger partial charge in [-0.3, -0.25) is 9.78 Å². The van der Waals surface area contributed by atoms with Gasteiger partial charge < -0.3 is 15.2 Å². The SMILES string of the molecule is [C-]#[N+]c1cc2c(-c3cncc(N)c3Cl)cn(C3CC(N(C)C(C)=O)C3)c2cc1C. The average molecular weight is 408 g/mol. The molecular weight excluding hydrogens is 386 g/mol. The molecule has 0 bridgehead atoms. The van der Waals surface area contributed by atoms with E-state index >= 15 is 0 Å². The van der Waals surface area contributed by atoms with Crippen molar-refractivity contribution in [2.75, 3.05) is 12.8 Å². The van der Waals surface area contributed by atoms with E-state index in [0.29, 0.717) is 16.4 Å². The second-order valence-electron chi connectivity index (χ2n) is 7.72. The Labute approximate surface area is 174 Å². The molecule has 0 aliphatic heterocycles. The number of amides is 1. The third-order valence-electron chi connectivity index (χ3n) is 5.99. The molecule has 4 rings (SSSR count). The highest BCUT2D eigenvalue weighted by Gasteiger charge is 2.35. The number of aryl methyl sites for hydroxylation is 1. The van der Waals surface area contributed by atoms with Gasteiger partial charge in [0.1, 0.15) is 0 Å². The Kier molecular flexibility index (Phi) is 4.71. The van der Waals surface area contributed by atoms with E-state index in [-0.39, 0.29) is 18.0 Å². The molecule has 1 aliphatic rings. The lowest BCUT2D eigenvalue weighted by atomic mass is 9.85. The van der Waals surface area contributed by atoms with Crippen LogP contribution in [0.1, 0.15) is 31.4 Å². The summed E-state index contributed by atoms with van der Waals surface area (Å²) < 4.78 is 2.25. The van der Waals surface area contributed by atoms with Crippen molar-refractivity contribution in [3.63, 3.8) is 0 Å². The third-order valence-corrected chi connectivity index (χ3v) is 6.42. The van der Waals surface area contributed by atoms with Crippen LogP contribution < -0.4 is 5.73 Å². The van der Waals surface area contributed by atoms with Crippen LogP contribution in [0.4, 0.5) is 11.4 Å². The molecule has 148 valence electrons. The molecule has 3 aromatic rings. The van der Waals surface area contributed by atoms with Crippen LogP contribution in [0.25, 0.3) is 26.9 Å². The minimum Gasteiger partial charge on any atom is -0.396 e. The Morgan fingerprint density at radius 1 is 1.34 bits per heavy atom. The number of anilines is 1. The Morgan fingerprint density at radius 2 is 2.07 bits per heavy atom. The van der Waals surface area contributed by atoms with Gasteiger partial charge in [-0.2, -0.15) is 0 Å². The molecule has 1 aliphatic carbocycles. The number of aromatic nitrogens is 2. The number of nitrogen functional groups attached to an aromatic ring is 1. The lowest BCUT2D eigenvalue weighted by Crippen LogP contribution is -2.45. The first-order valence-corrected chi connectivity index (χ1v) is 9.85. The van der Waals surface area contributed by atoms with E-state index in [1.807, 2.05) is 24.9 Å². The molecule has 0 saturated heterocycles. The van der Waals surface area contributed by atoms with Crippen molar-refractivity contribution in [2.45, 2.75) is 38.8 Å². The summed E-state index contributed by atoms with van der Waals surface area (Å²) in [6.45, 7) is 11.0. The van der Waals surface area contributed by atoms with Crippen LogP contribution in [0.5, 0.6) is 0 Å². The number of fused-ring (bicyclic) bond motifs is 1. The van der Waals surface area contributed by atoms with Crippen LogP contribution in [0.3, 0.4) is 0 Å². The molecule has 1 fully saturated rings. The van der Waals surface area contributed by atoms with Gasteiger partial charge in [0.25, 0.3) is 0 Å². The highest BCUT2D eigenvalue weighted by Crippen LogP contribution is 2.44. The highest BCUT2D eigenvalue weighted by atomic mass is 35.5. The fourth-order valence-corrected chi connectivity index (χ4v) is 4.23. The van der Waals surface area contributed by atoms with E-state index < -0.39 is 0 Å². The first kappa shape index (κ1) is 19.3.